The highest BCUT2D eigenvalue weighted by molar-refractivity contribution is 5.81. The van der Waals surface area contributed by atoms with Gasteiger partial charge < -0.3 is 19.3 Å². The highest BCUT2D eigenvalue weighted by Crippen LogP contribution is 2.17. The van der Waals surface area contributed by atoms with E-state index in [2.05, 4.69) is 6.92 Å². The first-order chi connectivity index (χ1) is 13.7. The van der Waals surface area contributed by atoms with E-state index in [0.717, 1.165) is 12.8 Å². The molecule has 0 unspecified atom stereocenters. The summed E-state index contributed by atoms with van der Waals surface area (Å²) in [5.74, 6) is -0.338. The second kappa shape index (κ2) is 20.8. The van der Waals surface area contributed by atoms with Gasteiger partial charge in [-0.05, 0) is 26.2 Å². The third-order valence-corrected chi connectivity index (χ3v) is 4.84. The maximum Gasteiger partial charge on any atom is 0.330 e. The van der Waals surface area contributed by atoms with Crippen molar-refractivity contribution in [3.63, 3.8) is 0 Å². The Balaban J connectivity index is 3.91. The van der Waals surface area contributed by atoms with E-state index in [-0.39, 0.29) is 18.9 Å². The van der Waals surface area contributed by atoms with Gasteiger partial charge in [-0.3, -0.25) is 0 Å². The van der Waals surface area contributed by atoms with Crippen LogP contribution in [0.2, 0.25) is 0 Å². The van der Waals surface area contributed by atoms with Gasteiger partial charge in [-0.1, -0.05) is 77.2 Å². The van der Waals surface area contributed by atoms with E-state index in [0.29, 0.717) is 19.4 Å². The van der Waals surface area contributed by atoms with Gasteiger partial charge in [0.25, 0.3) is 0 Å². The predicted octanol–water partition coefficient (Wildman–Crippen LogP) is 5.55. The number of aliphatic hydroxyl groups is 1. The lowest BCUT2D eigenvalue weighted by Crippen LogP contribution is -2.29. The van der Waals surface area contributed by atoms with E-state index >= 15 is 0 Å². The molecule has 1 N–H and O–H groups in total. The molecule has 0 amide bonds. The summed E-state index contributed by atoms with van der Waals surface area (Å²) >= 11 is 0. The summed E-state index contributed by atoms with van der Waals surface area (Å²) in [6.45, 7) is 4.59. The molecule has 0 bridgehead atoms. The highest BCUT2D eigenvalue weighted by atomic mass is 16.7. The average Bonchev–Trinajstić information content (AvgIpc) is 2.69. The molecule has 166 valence electrons. The van der Waals surface area contributed by atoms with Gasteiger partial charge >= 0.3 is 5.97 Å². The first kappa shape index (κ1) is 27.1. The summed E-state index contributed by atoms with van der Waals surface area (Å²) in [4.78, 5) is 11.3. The molecule has 0 radical (unpaired) electrons. The van der Waals surface area contributed by atoms with Crippen molar-refractivity contribution in [2.24, 2.45) is 0 Å². The zero-order valence-electron chi connectivity index (χ0n) is 18.5. The van der Waals surface area contributed by atoms with Crippen molar-refractivity contribution in [3.8, 4) is 0 Å². The zero-order valence-corrected chi connectivity index (χ0v) is 18.5. The van der Waals surface area contributed by atoms with Gasteiger partial charge in [0.2, 0.25) is 0 Å². The van der Waals surface area contributed by atoms with Gasteiger partial charge in [-0.25, -0.2) is 4.79 Å². The van der Waals surface area contributed by atoms with Gasteiger partial charge in [-0.15, -0.1) is 0 Å². The molecule has 0 saturated heterocycles. The Kier molecular flexibility index (Phi) is 20.1. The molecule has 0 rings (SSSR count). The molecular weight excluding hydrogens is 356 g/mol. The molecule has 0 aromatic rings. The summed E-state index contributed by atoms with van der Waals surface area (Å²) < 4.78 is 15.5. The maximum absolute atomic E-state index is 11.3. The van der Waals surface area contributed by atoms with Crippen LogP contribution in [-0.4, -0.2) is 43.8 Å². The van der Waals surface area contributed by atoms with Crippen molar-refractivity contribution in [3.05, 3.63) is 12.2 Å². The topological polar surface area (TPSA) is 65.0 Å². The van der Waals surface area contributed by atoms with E-state index in [9.17, 15) is 9.90 Å². The van der Waals surface area contributed by atoms with Crippen molar-refractivity contribution >= 4 is 5.97 Å². The van der Waals surface area contributed by atoms with Crippen molar-refractivity contribution in [2.45, 2.75) is 110 Å². The normalized spacial score (nSPS) is 13.7. The minimum Gasteiger partial charge on any atom is -0.463 e. The lowest BCUT2D eigenvalue weighted by atomic mass is 10.0. The number of unbranched alkanes of at least 4 members (excludes halogenated alkanes) is 9. The fourth-order valence-corrected chi connectivity index (χ4v) is 3.20. The van der Waals surface area contributed by atoms with E-state index < -0.39 is 6.10 Å². The summed E-state index contributed by atoms with van der Waals surface area (Å²) in [7, 11) is 1.59. The van der Waals surface area contributed by atoms with Crippen LogP contribution in [0.5, 0.6) is 0 Å². The van der Waals surface area contributed by atoms with Crippen LogP contribution in [0.4, 0.5) is 0 Å². The molecule has 0 spiro atoms. The first-order valence-electron chi connectivity index (χ1n) is 11.3. The minimum absolute atomic E-state index is 0.193. The Morgan fingerprint density at radius 2 is 1.54 bits per heavy atom. The first-order valence-corrected chi connectivity index (χ1v) is 11.3. The minimum atomic E-state index is -0.555. The fourth-order valence-electron chi connectivity index (χ4n) is 3.20. The van der Waals surface area contributed by atoms with E-state index in [1.807, 2.05) is 0 Å². The molecule has 0 aromatic heterocycles. The molecular formula is C23H44O5. The molecule has 5 heteroatoms. The second-order valence-electron chi connectivity index (χ2n) is 7.38. The van der Waals surface area contributed by atoms with Crippen LogP contribution in [0.3, 0.4) is 0 Å². The van der Waals surface area contributed by atoms with Crippen LogP contribution in [-0.2, 0) is 19.0 Å². The molecule has 5 nitrogen and oxygen atoms in total. The molecule has 0 aromatic carbocycles. The largest absolute Gasteiger partial charge is 0.463 e. The van der Waals surface area contributed by atoms with E-state index in [1.54, 1.807) is 20.1 Å². The molecule has 2 atom stereocenters. The lowest BCUT2D eigenvalue weighted by molar-refractivity contribution is -0.137. The van der Waals surface area contributed by atoms with Crippen LogP contribution in [0, 0.1) is 0 Å². The second-order valence-corrected chi connectivity index (χ2v) is 7.38. The number of aliphatic hydroxyl groups excluding tert-OH is 1. The average molecular weight is 401 g/mol. The maximum atomic E-state index is 11.3. The van der Waals surface area contributed by atoms with Gasteiger partial charge in [0.15, 0.2) is 0 Å². The summed E-state index contributed by atoms with van der Waals surface area (Å²) in [6.07, 6.45) is 17.3. The fraction of sp³-hybridized carbons (Fsp3) is 0.870. The molecule has 0 aliphatic carbocycles. The Labute approximate surface area is 172 Å². The summed E-state index contributed by atoms with van der Waals surface area (Å²) in [6, 6.07) is 0. The Hall–Kier alpha value is -0.910. The van der Waals surface area contributed by atoms with Crippen molar-refractivity contribution in [1.29, 1.82) is 0 Å². The summed E-state index contributed by atoms with van der Waals surface area (Å²) in [5, 5.41) is 10.4. The molecule has 0 aliphatic heterocycles. The molecule has 0 aliphatic rings. The Morgan fingerprint density at radius 3 is 2.11 bits per heavy atom. The third-order valence-electron chi connectivity index (χ3n) is 4.84. The number of carbonyl (C=O) groups excluding carboxylic acids is 1. The van der Waals surface area contributed by atoms with Gasteiger partial charge in [0.05, 0.1) is 18.8 Å². The zero-order chi connectivity index (χ0) is 20.9. The van der Waals surface area contributed by atoms with Crippen LogP contribution < -0.4 is 0 Å². The third kappa shape index (κ3) is 17.2. The van der Waals surface area contributed by atoms with Gasteiger partial charge in [0.1, 0.15) is 6.79 Å². The Morgan fingerprint density at radius 1 is 0.929 bits per heavy atom. The quantitative estimate of drug-likeness (QED) is 0.126. The van der Waals surface area contributed by atoms with Crippen molar-refractivity contribution < 1.29 is 24.1 Å². The van der Waals surface area contributed by atoms with Crippen LogP contribution in [0.25, 0.3) is 0 Å². The smallest absolute Gasteiger partial charge is 0.330 e. The standard InChI is InChI=1S/C23H44O5/c1-4-6-7-8-9-10-11-12-13-14-18-22(28-20-26-3)21(24)17-15-16-19-23(25)27-5-2/h16,19,21-22,24H,4-15,17-18,20H2,1-3H3/b19-16+/t21-,22-/m0/s1. The van der Waals surface area contributed by atoms with Crippen molar-refractivity contribution in [1.82, 2.24) is 0 Å². The molecule has 0 saturated carbocycles. The number of rotatable bonds is 20. The Bertz CT molecular complexity index is 370. The number of hydrogen-bond donors (Lipinski definition) is 1. The number of ether oxygens (including phenoxy) is 3. The van der Waals surface area contributed by atoms with Crippen LogP contribution >= 0.6 is 0 Å². The molecule has 28 heavy (non-hydrogen) atoms. The highest BCUT2D eigenvalue weighted by Gasteiger charge is 2.19. The van der Waals surface area contributed by atoms with Gasteiger partial charge in [0, 0.05) is 13.2 Å². The summed E-state index contributed by atoms with van der Waals surface area (Å²) in [5.41, 5.74) is 0. The molecule has 0 fully saturated rings. The molecule has 0 heterocycles. The monoisotopic (exact) mass is 400 g/mol. The number of esters is 1. The lowest BCUT2D eigenvalue weighted by Gasteiger charge is -2.22. The van der Waals surface area contributed by atoms with Gasteiger partial charge in [-0.2, -0.15) is 0 Å². The predicted molar refractivity (Wildman–Crippen MR) is 114 cm³/mol. The number of carbonyl (C=O) groups is 1. The van der Waals surface area contributed by atoms with Crippen LogP contribution in [0.15, 0.2) is 12.2 Å². The number of methoxy groups -OCH3 is 1. The van der Waals surface area contributed by atoms with E-state index in [4.69, 9.17) is 14.2 Å². The number of hydrogen-bond acceptors (Lipinski definition) is 5. The van der Waals surface area contributed by atoms with E-state index in [1.165, 1.54) is 63.9 Å². The SMILES string of the molecule is CCCCCCCCCCCC[C@H](OCOC)[C@@H](O)CC/C=C/C(=O)OCC. The van der Waals surface area contributed by atoms with Crippen molar-refractivity contribution in [2.75, 3.05) is 20.5 Å². The van der Waals surface area contributed by atoms with Crippen LogP contribution in [0.1, 0.15) is 97.3 Å². The number of allylic oxidation sites excluding steroid dienone is 1.